The maximum absolute atomic E-state index is 14.2. The fourth-order valence-corrected chi connectivity index (χ4v) is 2.79. The Morgan fingerprint density at radius 3 is 2.96 bits per heavy atom. The van der Waals surface area contributed by atoms with Crippen molar-refractivity contribution in [1.82, 2.24) is 9.97 Å². The van der Waals surface area contributed by atoms with Gasteiger partial charge in [0.2, 0.25) is 0 Å². The van der Waals surface area contributed by atoms with Gasteiger partial charge in [-0.15, -0.1) is 0 Å². The molecular formula is C17H19F2N5O3. The van der Waals surface area contributed by atoms with Crippen LogP contribution in [0.3, 0.4) is 0 Å². The summed E-state index contributed by atoms with van der Waals surface area (Å²) in [6.45, 7) is 0. The van der Waals surface area contributed by atoms with Gasteiger partial charge in [0.15, 0.2) is 0 Å². The van der Waals surface area contributed by atoms with Crippen LogP contribution in [-0.2, 0) is 9.53 Å². The minimum atomic E-state index is -3.55. The summed E-state index contributed by atoms with van der Waals surface area (Å²) in [5.74, 6) is -4.50. The smallest absolute Gasteiger partial charge is 0.411 e. The van der Waals surface area contributed by atoms with Gasteiger partial charge >= 0.3 is 12.0 Å². The first kappa shape index (κ1) is 18.8. The molecule has 0 saturated carbocycles. The number of aromatic nitrogens is 2. The second-order valence-corrected chi connectivity index (χ2v) is 6.21. The molecule has 2 bridgehead atoms. The number of nitrogens with one attached hydrogen (secondary N) is 3. The molecule has 0 radical (unpaired) electrons. The number of hydrogen-bond acceptors (Lipinski definition) is 5. The molecule has 1 aliphatic rings. The molecule has 0 saturated heterocycles. The van der Waals surface area contributed by atoms with Gasteiger partial charge in [-0.1, -0.05) is 0 Å². The zero-order valence-electron chi connectivity index (χ0n) is 14.5. The van der Waals surface area contributed by atoms with Gasteiger partial charge in [-0.2, -0.15) is 8.78 Å². The van der Waals surface area contributed by atoms with E-state index in [4.69, 9.17) is 5.73 Å². The van der Waals surface area contributed by atoms with Crippen molar-refractivity contribution >= 4 is 23.4 Å². The lowest BCUT2D eigenvalue weighted by Crippen LogP contribution is -2.35. The molecule has 0 spiro atoms. The number of halogens is 2. The predicted octanol–water partition coefficient (Wildman–Crippen LogP) is 3.01. The minimum Gasteiger partial charge on any atom is -0.453 e. The van der Waals surface area contributed by atoms with E-state index in [1.165, 1.54) is 13.2 Å². The molecule has 0 fully saturated rings. The van der Waals surface area contributed by atoms with E-state index in [0.29, 0.717) is 17.1 Å². The Morgan fingerprint density at radius 1 is 1.44 bits per heavy atom. The van der Waals surface area contributed by atoms with Gasteiger partial charge in [0, 0.05) is 23.9 Å². The zero-order valence-corrected chi connectivity index (χ0v) is 14.5. The Labute approximate surface area is 153 Å². The second-order valence-electron chi connectivity index (χ2n) is 6.21. The quantitative estimate of drug-likeness (QED) is 0.607. The van der Waals surface area contributed by atoms with Gasteiger partial charge in [-0.25, -0.2) is 9.78 Å². The van der Waals surface area contributed by atoms with Crippen molar-refractivity contribution in [3.63, 3.8) is 0 Å². The number of H-pyrrole nitrogens is 1. The molecular weight excluding hydrogens is 360 g/mol. The molecule has 27 heavy (non-hydrogen) atoms. The van der Waals surface area contributed by atoms with Crippen molar-refractivity contribution in [2.45, 2.75) is 31.2 Å². The summed E-state index contributed by atoms with van der Waals surface area (Å²) >= 11 is 0. The predicted molar refractivity (Wildman–Crippen MR) is 94.4 cm³/mol. The van der Waals surface area contributed by atoms with Gasteiger partial charge in [0.25, 0.3) is 5.91 Å². The number of nitrogens with two attached hydrogens (primary N) is 1. The Morgan fingerprint density at radius 2 is 2.22 bits per heavy atom. The fraction of sp³-hybridized carbons (Fsp3) is 0.353. The van der Waals surface area contributed by atoms with Crippen molar-refractivity contribution in [2.24, 2.45) is 5.73 Å². The molecule has 1 aromatic carbocycles. The molecule has 2 amide bonds. The van der Waals surface area contributed by atoms with Gasteiger partial charge in [0.05, 0.1) is 24.5 Å². The summed E-state index contributed by atoms with van der Waals surface area (Å²) in [5.41, 5.74) is 7.19. The number of hydrogen-bond donors (Lipinski definition) is 4. The Bertz CT molecular complexity index is 868. The number of rotatable bonds is 1. The average Bonchev–Trinajstić information content (AvgIpc) is 3.11. The van der Waals surface area contributed by atoms with Crippen molar-refractivity contribution in [2.75, 3.05) is 17.7 Å². The van der Waals surface area contributed by atoms with Crippen LogP contribution < -0.4 is 16.4 Å². The first-order chi connectivity index (χ1) is 12.8. The molecule has 5 N–H and O–H groups in total. The molecule has 144 valence electrons. The third-order valence-electron chi connectivity index (χ3n) is 4.26. The first-order valence-electron chi connectivity index (χ1n) is 8.29. The number of ether oxygens (including phenoxy) is 1. The maximum Gasteiger partial charge on any atom is 0.411 e. The number of fused-ring (bicyclic) bond motifs is 4. The van der Waals surface area contributed by atoms with E-state index in [2.05, 4.69) is 25.3 Å². The maximum atomic E-state index is 14.2. The molecule has 2 aromatic rings. The van der Waals surface area contributed by atoms with Crippen LogP contribution in [0.1, 0.15) is 31.1 Å². The number of benzene rings is 1. The molecule has 1 unspecified atom stereocenters. The van der Waals surface area contributed by atoms with Crippen LogP contribution in [0.5, 0.6) is 0 Å². The zero-order chi connectivity index (χ0) is 19.6. The average molecular weight is 379 g/mol. The van der Waals surface area contributed by atoms with E-state index < -0.39 is 30.4 Å². The largest absolute Gasteiger partial charge is 0.453 e. The molecule has 1 aromatic heterocycles. The minimum absolute atomic E-state index is 0.0639. The number of anilines is 2. The first-order valence-corrected chi connectivity index (χ1v) is 8.29. The molecule has 0 aliphatic carbocycles. The third-order valence-corrected chi connectivity index (χ3v) is 4.26. The van der Waals surface area contributed by atoms with Crippen molar-refractivity contribution < 1.29 is 23.1 Å². The summed E-state index contributed by atoms with van der Waals surface area (Å²) in [5, 5.41) is 4.67. The second kappa shape index (κ2) is 7.31. The van der Waals surface area contributed by atoms with E-state index in [1.54, 1.807) is 18.3 Å². The lowest BCUT2D eigenvalue weighted by atomic mass is 10.0. The van der Waals surface area contributed by atoms with Gasteiger partial charge in [-0.05, 0) is 31.0 Å². The van der Waals surface area contributed by atoms with Crippen LogP contribution in [0.4, 0.5) is 25.0 Å². The molecule has 2 heterocycles. The number of alkyl halides is 2. The summed E-state index contributed by atoms with van der Waals surface area (Å²) in [6, 6.07) is 3.91. The summed E-state index contributed by atoms with van der Waals surface area (Å²) in [4.78, 5) is 30.9. The summed E-state index contributed by atoms with van der Waals surface area (Å²) in [6.07, 6.45) is 0.561. The number of carbonyl (C=O) groups excluding carboxylic acids is 2. The van der Waals surface area contributed by atoms with Crippen LogP contribution >= 0.6 is 0 Å². The van der Waals surface area contributed by atoms with E-state index in [1.807, 2.05) is 0 Å². The molecule has 3 rings (SSSR count). The van der Waals surface area contributed by atoms with Gasteiger partial charge in [0.1, 0.15) is 5.82 Å². The van der Waals surface area contributed by atoms with Crippen LogP contribution in [-0.4, -0.2) is 35.0 Å². The van der Waals surface area contributed by atoms with Gasteiger partial charge in [-0.3, -0.25) is 10.1 Å². The topological polar surface area (TPSA) is 122 Å². The number of methoxy groups -OCH3 is 1. The van der Waals surface area contributed by atoms with E-state index in [-0.39, 0.29) is 24.2 Å². The number of nitrogens with zero attached hydrogens (tertiary/aromatic N) is 1. The number of imidazole rings is 1. The molecule has 8 nitrogen and oxygen atoms in total. The highest BCUT2D eigenvalue weighted by Crippen LogP contribution is 2.34. The molecule has 10 heteroatoms. The van der Waals surface area contributed by atoms with Crippen LogP contribution in [0.2, 0.25) is 0 Å². The number of carbonyl (C=O) groups is 2. The molecule has 1 atom stereocenters. The van der Waals surface area contributed by atoms with E-state index >= 15 is 0 Å². The normalized spacial score (nSPS) is 19.1. The van der Waals surface area contributed by atoms with Crippen molar-refractivity contribution in [3.8, 4) is 11.3 Å². The SMILES string of the molecule is COC(=O)Nc1ccc2c(c1)NC(=O)C(F)(F)CCCC(N)c1nc-2c[nH]1. The lowest BCUT2D eigenvalue weighted by molar-refractivity contribution is -0.140. The Kier molecular flexibility index (Phi) is 5.08. The highest BCUT2D eigenvalue weighted by Gasteiger charge is 2.39. The van der Waals surface area contributed by atoms with Crippen LogP contribution in [0.25, 0.3) is 11.3 Å². The monoisotopic (exact) mass is 379 g/mol. The van der Waals surface area contributed by atoms with Gasteiger partial charge < -0.3 is 20.8 Å². The van der Waals surface area contributed by atoms with E-state index in [9.17, 15) is 18.4 Å². The standard InChI is InChI=1S/C17H19F2N5O3/c1-27-16(26)22-9-4-5-10-12(7-9)24-15(25)17(18,19)6-2-3-11(20)14-21-8-13(10)23-14/h4-5,7-8,11H,2-3,6,20H2,1H3,(H,21,23)(H,22,26)(H,24,25). The molecule has 1 aliphatic heterocycles. The van der Waals surface area contributed by atoms with Crippen LogP contribution in [0.15, 0.2) is 24.4 Å². The Balaban J connectivity index is 2.06. The summed E-state index contributed by atoms with van der Waals surface area (Å²) < 4.78 is 32.9. The number of amides is 2. The highest BCUT2D eigenvalue weighted by atomic mass is 19.3. The highest BCUT2D eigenvalue weighted by molar-refractivity contribution is 6.00. The fourth-order valence-electron chi connectivity index (χ4n) is 2.79. The lowest BCUT2D eigenvalue weighted by Gasteiger charge is -2.19. The van der Waals surface area contributed by atoms with Crippen molar-refractivity contribution in [3.05, 3.63) is 30.2 Å². The van der Waals surface area contributed by atoms with Crippen molar-refractivity contribution in [1.29, 1.82) is 0 Å². The summed E-state index contributed by atoms with van der Waals surface area (Å²) in [7, 11) is 1.19. The van der Waals surface area contributed by atoms with E-state index in [0.717, 1.165) is 0 Å². The third kappa shape index (κ3) is 4.05. The number of aromatic amines is 1. The Hall–Kier alpha value is -3.01. The van der Waals surface area contributed by atoms with Crippen LogP contribution in [0, 0.1) is 0 Å².